The quantitative estimate of drug-likeness (QED) is 0.542. The van der Waals surface area contributed by atoms with E-state index in [0.29, 0.717) is 5.82 Å². The van der Waals surface area contributed by atoms with Crippen LogP contribution in [0.1, 0.15) is 25.6 Å². The molecule has 1 rings (SSSR count). The summed E-state index contributed by atoms with van der Waals surface area (Å²) in [6.45, 7) is 3.79. The molecule has 1 aromatic heterocycles. The molecule has 0 aliphatic rings. The van der Waals surface area contributed by atoms with E-state index >= 15 is 0 Å². The van der Waals surface area contributed by atoms with Crippen molar-refractivity contribution in [3.8, 4) is 0 Å². The fourth-order valence-electron chi connectivity index (χ4n) is 0.748. The Bertz CT molecular complexity index is 274. The molecule has 1 heterocycles. The molecule has 4 N–H and O–H groups in total. The van der Waals surface area contributed by atoms with Crippen molar-refractivity contribution >= 4 is 0 Å². The van der Waals surface area contributed by atoms with Crippen LogP contribution in [0, 0.1) is 0 Å². The van der Waals surface area contributed by atoms with Gasteiger partial charge in [-0.05, 0) is 6.92 Å². The van der Waals surface area contributed by atoms with Gasteiger partial charge in [0.2, 0.25) is 0 Å². The molecule has 0 bridgehead atoms. The Morgan fingerprint density at radius 1 is 1.55 bits per heavy atom. The van der Waals surface area contributed by atoms with Gasteiger partial charge in [-0.15, -0.1) is 0 Å². The van der Waals surface area contributed by atoms with Crippen molar-refractivity contribution in [1.29, 1.82) is 0 Å². The molecular formula is C6H12N4O. The van der Waals surface area contributed by atoms with Crippen molar-refractivity contribution in [1.82, 2.24) is 15.2 Å². The lowest BCUT2D eigenvalue weighted by Gasteiger charge is -2.10. The first kappa shape index (κ1) is 8.00. The van der Waals surface area contributed by atoms with Crippen molar-refractivity contribution in [2.24, 2.45) is 5.73 Å². The van der Waals surface area contributed by atoms with Gasteiger partial charge in [-0.1, -0.05) is 6.92 Å². The molecule has 62 valence electrons. The normalized spacial score (nSPS) is 16.3. The molecule has 11 heavy (non-hydrogen) atoms. The highest BCUT2D eigenvalue weighted by Crippen LogP contribution is 2.09. The Hall–Kier alpha value is -1.10. The zero-order chi connectivity index (χ0) is 8.43. The largest absolute Gasteiger partial charge is 0.340 e. The standard InChI is InChI=1S/C6H12N4O/c1-3(4(2)7)5-8-6(11)10-9-5/h3-4H,7H2,1-2H3,(H2,8,9,10,11). The third-order valence-electron chi connectivity index (χ3n) is 1.74. The van der Waals surface area contributed by atoms with E-state index in [2.05, 4.69) is 15.2 Å². The summed E-state index contributed by atoms with van der Waals surface area (Å²) in [6, 6.07) is -0.00560. The van der Waals surface area contributed by atoms with Crippen LogP contribution in [0.15, 0.2) is 4.79 Å². The number of nitrogens with one attached hydrogen (secondary N) is 2. The Balaban J connectivity index is 2.84. The van der Waals surface area contributed by atoms with Gasteiger partial charge in [0.05, 0.1) is 0 Å². The van der Waals surface area contributed by atoms with Crippen LogP contribution in [-0.4, -0.2) is 21.2 Å². The molecule has 0 saturated heterocycles. The van der Waals surface area contributed by atoms with Gasteiger partial charge in [0.1, 0.15) is 5.82 Å². The zero-order valence-electron chi connectivity index (χ0n) is 6.59. The van der Waals surface area contributed by atoms with Gasteiger partial charge in [-0.3, -0.25) is 4.98 Å². The Kier molecular flexibility index (Phi) is 2.09. The number of rotatable bonds is 2. The Morgan fingerprint density at radius 2 is 2.18 bits per heavy atom. The van der Waals surface area contributed by atoms with E-state index in [4.69, 9.17) is 5.73 Å². The van der Waals surface area contributed by atoms with E-state index in [9.17, 15) is 4.79 Å². The van der Waals surface area contributed by atoms with Crippen LogP contribution in [0.5, 0.6) is 0 Å². The fourth-order valence-corrected chi connectivity index (χ4v) is 0.748. The smallest absolute Gasteiger partial charge is 0.327 e. The van der Waals surface area contributed by atoms with Crippen LogP contribution < -0.4 is 11.4 Å². The van der Waals surface area contributed by atoms with Crippen LogP contribution >= 0.6 is 0 Å². The van der Waals surface area contributed by atoms with Crippen molar-refractivity contribution in [3.05, 3.63) is 16.3 Å². The lowest BCUT2D eigenvalue weighted by atomic mass is 10.0. The second kappa shape index (κ2) is 2.87. The van der Waals surface area contributed by atoms with Gasteiger partial charge in [0.15, 0.2) is 0 Å². The molecule has 0 saturated carbocycles. The number of nitrogens with zero attached hydrogens (tertiary/aromatic N) is 1. The van der Waals surface area contributed by atoms with Gasteiger partial charge >= 0.3 is 5.69 Å². The van der Waals surface area contributed by atoms with E-state index in [1.807, 2.05) is 13.8 Å². The highest BCUT2D eigenvalue weighted by molar-refractivity contribution is 4.94. The van der Waals surface area contributed by atoms with Crippen LogP contribution in [0.2, 0.25) is 0 Å². The SMILES string of the molecule is CC(N)C(C)c1n[nH]c(=O)[nH]1. The first-order valence-electron chi connectivity index (χ1n) is 3.51. The maximum Gasteiger partial charge on any atom is 0.340 e. The minimum atomic E-state index is -0.285. The third kappa shape index (κ3) is 1.68. The highest BCUT2D eigenvalue weighted by Gasteiger charge is 2.13. The molecule has 0 fully saturated rings. The molecule has 0 aliphatic heterocycles. The number of hydrogen-bond acceptors (Lipinski definition) is 3. The number of hydrogen-bond donors (Lipinski definition) is 3. The molecular weight excluding hydrogens is 144 g/mol. The van der Waals surface area contributed by atoms with Crippen LogP contribution in [-0.2, 0) is 0 Å². The monoisotopic (exact) mass is 156 g/mol. The molecule has 2 unspecified atom stereocenters. The summed E-state index contributed by atoms with van der Waals surface area (Å²) >= 11 is 0. The highest BCUT2D eigenvalue weighted by atomic mass is 16.1. The summed E-state index contributed by atoms with van der Waals surface area (Å²) < 4.78 is 0. The van der Waals surface area contributed by atoms with E-state index in [-0.39, 0.29) is 17.6 Å². The van der Waals surface area contributed by atoms with Gasteiger partial charge in [-0.2, -0.15) is 5.10 Å². The van der Waals surface area contributed by atoms with E-state index in [1.165, 1.54) is 0 Å². The molecule has 0 radical (unpaired) electrons. The predicted molar refractivity (Wildman–Crippen MR) is 41.3 cm³/mol. The first-order valence-corrected chi connectivity index (χ1v) is 3.51. The Morgan fingerprint density at radius 3 is 2.55 bits per heavy atom. The second-order valence-electron chi connectivity index (χ2n) is 2.71. The van der Waals surface area contributed by atoms with E-state index in [1.54, 1.807) is 0 Å². The van der Waals surface area contributed by atoms with Gasteiger partial charge in [0, 0.05) is 12.0 Å². The molecule has 5 nitrogen and oxygen atoms in total. The van der Waals surface area contributed by atoms with Crippen LogP contribution in [0.25, 0.3) is 0 Å². The molecule has 0 amide bonds. The number of aromatic amines is 2. The molecule has 2 atom stereocenters. The van der Waals surface area contributed by atoms with Crippen LogP contribution in [0.4, 0.5) is 0 Å². The maximum absolute atomic E-state index is 10.6. The molecule has 0 aromatic carbocycles. The summed E-state index contributed by atoms with van der Waals surface area (Å²) in [7, 11) is 0. The minimum absolute atomic E-state index is 0.00560. The average Bonchev–Trinajstić information content (AvgIpc) is 2.34. The summed E-state index contributed by atoms with van der Waals surface area (Å²) in [6.07, 6.45) is 0. The third-order valence-corrected chi connectivity index (χ3v) is 1.74. The van der Waals surface area contributed by atoms with E-state index < -0.39 is 0 Å². The minimum Gasteiger partial charge on any atom is -0.327 e. The fraction of sp³-hybridized carbons (Fsp3) is 0.667. The van der Waals surface area contributed by atoms with Gasteiger partial charge < -0.3 is 5.73 Å². The molecule has 0 aliphatic carbocycles. The molecule has 5 heteroatoms. The lowest BCUT2D eigenvalue weighted by molar-refractivity contribution is 0.583. The summed E-state index contributed by atoms with van der Waals surface area (Å²) in [5.74, 6) is 0.693. The number of H-pyrrole nitrogens is 2. The van der Waals surface area contributed by atoms with Crippen molar-refractivity contribution in [3.63, 3.8) is 0 Å². The van der Waals surface area contributed by atoms with Crippen LogP contribution in [0.3, 0.4) is 0 Å². The first-order chi connectivity index (χ1) is 5.11. The van der Waals surface area contributed by atoms with Crippen molar-refractivity contribution in [2.45, 2.75) is 25.8 Å². The predicted octanol–water partition coefficient (Wildman–Crippen LogP) is -0.451. The van der Waals surface area contributed by atoms with Gasteiger partial charge in [-0.25, -0.2) is 9.89 Å². The van der Waals surface area contributed by atoms with E-state index in [0.717, 1.165) is 0 Å². The van der Waals surface area contributed by atoms with Gasteiger partial charge in [0.25, 0.3) is 0 Å². The maximum atomic E-state index is 10.6. The number of nitrogens with two attached hydrogens (primary N) is 1. The van der Waals surface area contributed by atoms with Crippen molar-refractivity contribution < 1.29 is 0 Å². The Labute approximate surface area is 64.0 Å². The number of aromatic nitrogens is 3. The van der Waals surface area contributed by atoms with Crippen molar-refractivity contribution in [2.75, 3.05) is 0 Å². The lowest BCUT2D eigenvalue weighted by Crippen LogP contribution is -2.23. The summed E-state index contributed by atoms with van der Waals surface area (Å²) in [4.78, 5) is 13.2. The second-order valence-corrected chi connectivity index (χ2v) is 2.71. The molecule has 1 aromatic rings. The summed E-state index contributed by atoms with van der Waals surface area (Å²) in [5.41, 5.74) is 5.32. The zero-order valence-corrected chi connectivity index (χ0v) is 6.59. The molecule has 0 spiro atoms. The summed E-state index contributed by atoms with van der Waals surface area (Å²) in [5, 5.41) is 6.05. The average molecular weight is 156 g/mol. The topological polar surface area (TPSA) is 87.6 Å².